The molecular formula is C15H22N2O. The van der Waals surface area contributed by atoms with Crippen LogP contribution in [0.3, 0.4) is 0 Å². The molecule has 0 radical (unpaired) electrons. The summed E-state index contributed by atoms with van der Waals surface area (Å²) in [6.45, 7) is 5.88. The first-order valence-corrected chi connectivity index (χ1v) is 6.48. The molecule has 0 aliphatic rings. The van der Waals surface area contributed by atoms with Crippen LogP contribution in [0.5, 0.6) is 0 Å². The molecule has 18 heavy (non-hydrogen) atoms. The van der Waals surface area contributed by atoms with Crippen molar-refractivity contribution in [2.45, 2.75) is 32.2 Å². The summed E-state index contributed by atoms with van der Waals surface area (Å²) in [6, 6.07) is 12.5. The van der Waals surface area contributed by atoms with Crippen LogP contribution in [0.1, 0.15) is 25.8 Å². The van der Waals surface area contributed by atoms with E-state index in [0.29, 0.717) is 13.2 Å². The Morgan fingerprint density at radius 1 is 1.33 bits per heavy atom. The molecule has 0 amide bonds. The maximum absolute atomic E-state index is 9.14. The molecule has 1 atom stereocenters. The van der Waals surface area contributed by atoms with E-state index in [9.17, 15) is 0 Å². The SMILES string of the molecule is CCCNC(C)(C#N)COCCc1ccccc1. The number of ether oxygens (including phenoxy) is 1. The van der Waals surface area contributed by atoms with Crippen LogP contribution in [-0.2, 0) is 11.2 Å². The van der Waals surface area contributed by atoms with Gasteiger partial charge in [0.25, 0.3) is 0 Å². The standard InChI is InChI=1S/C15H22N2O/c1-3-10-17-15(2,12-16)13-18-11-9-14-7-5-4-6-8-14/h4-8,17H,3,9-11,13H2,1-2H3. The molecule has 0 fully saturated rings. The molecule has 3 nitrogen and oxygen atoms in total. The fourth-order valence-corrected chi connectivity index (χ4v) is 1.63. The van der Waals surface area contributed by atoms with Crippen molar-refractivity contribution in [3.63, 3.8) is 0 Å². The molecule has 0 aliphatic carbocycles. The molecule has 1 rings (SSSR count). The van der Waals surface area contributed by atoms with Gasteiger partial charge in [0.15, 0.2) is 0 Å². The summed E-state index contributed by atoms with van der Waals surface area (Å²) in [6.07, 6.45) is 1.90. The van der Waals surface area contributed by atoms with E-state index < -0.39 is 5.54 Å². The molecule has 98 valence electrons. The molecule has 0 heterocycles. The van der Waals surface area contributed by atoms with Crippen molar-refractivity contribution in [3.8, 4) is 6.07 Å². The largest absolute Gasteiger partial charge is 0.378 e. The van der Waals surface area contributed by atoms with Crippen molar-refractivity contribution in [1.82, 2.24) is 5.32 Å². The smallest absolute Gasteiger partial charge is 0.127 e. The number of hydrogen-bond donors (Lipinski definition) is 1. The molecule has 0 spiro atoms. The Bertz CT molecular complexity index is 372. The van der Waals surface area contributed by atoms with Crippen molar-refractivity contribution in [2.75, 3.05) is 19.8 Å². The molecule has 1 aromatic carbocycles. The van der Waals surface area contributed by atoms with Gasteiger partial charge in [-0.3, -0.25) is 5.32 Å². The predicted molar refractivity (Wildman–Crippen MR) is 73.3 cm³/mol. The molecule has 0 aliphatic heterocycles. The van der Waals surface area contributed by atoms with E-state index in [-0.39, 0.29) is 0 Å². The lowest BCUT2D eigenvalue weighted by Crippen LogP contribution is -2.45. The van der Waals surface area contributed by atoms with E-state index in [1.165, 1.54) is 5.56 Å². The van der Waals surface area contributed by atoms with Crippen LogP contribution in [0.15, 0.2) is 30.3 Å². The van der Waals surface area contributed by atoms with Gasteiger partial charge in [-0.2, -0.15) is 5.26 Å². The van der Waals surface area contributed by atoms with Crippen LogP contribution in [-0.4, -0.2) is 25.3 Å². The summed E-state index contributed by atoms with van der Waals surface area (Å²) in [5.74, 6) is 0. The fourth-order valence-electron chi connectivity index (χ4n) is 1.63. The molecule has 0 saturated carbocycles. The summed E-state index contributed by atoms with van der Waals surface area (Å²) in [5, 5.41) is 12.3. The van der Waals surface area contributed by atoms with Gasteiger partial charge in [-0.1, -0.05) is 37.3 Å². The van der Waals surface area contributed by atoms with Gasteiger partial charge < -0.3 is 4.74 Å². The Balaban J connectivity index is 2.26. The Morgan fingerprint density at radius 2 is 2.06 bits per heavy atom. The zero-order valence-electron chi connectivity index (χ0n) is 11.3. The van der Waals surface area contributed by atoms with Gasteiger partial charge in [-0.15, -0.1) is 0 Å². The second-order valence-corrected chi connectivity index (χ2v) is 4.66. The van der Waals surface area contributed by atoms with Crippen LogP contribution < -0.4 is 5.32 Å². The highest BCUT2D eigenvalue weighted by Gasteiger charge is 2.22. The zero-order chi connectivity index (χ0) is 13.3. The Labute approximate surface area is 110 Å². The highest BCUT2D eigenvalue weighted by atomic mass is 16.5. The van der Waals surface area contributed by atoms with E-state index in [4.69, 9.17) is 10.00 Å². The molecule has 1 aromatic rings. The zero-order valence-corrected chi connectivity index (χ0v) is 11.3. The molecule has 0 aromatic heterocycles. The van der Waals surface area contributed by atoms with Crippen molar-refractivity contribution >= 4 is 0 Å². The molecular weight excluding hydrogens is 224 g/mol. The number of benzene rings is 1. The van der Waals surface area contributed by atoms with Gasteiger partial charge in [0, 0.05) is 0 Å². The van der Waals surface area contributed by atoms with Crippen LogP contribution in [0.4, 0.5) is 0 Å². The lowest BCUT2D eigenvalue weighted by molar-refractivity contribution is 0.0978. The lowest BCUT2D eigenvalue weighted by Gasteiger charge is -2.22. The van der Waals surface area contributed by atoms with Crippen LogP contribution in [0.2, 0.25) is 0 Å². The van der Waals surface area contributed by atoms with Gasteiger partial charge in [-0.25, -0.2) is 0 Å². The molecule has 0 bridgehead atoms. The first kappa shape index (κ1) is 14.7. The van der Waals surface area contributed by atoms with E-state index in [2.05, 4.69) is 30.4 Å². The Hall–Kier alpha value is -1.37. The van der Waals surface area contributed by atoms with Gasteiger partial charge in [0.2, 0.25) is 0 Å². The minimum absolute atomic E-state index is 0.427. The first-order chi connectivity index (χ1) is 8.70. The number of nitriles is 1. The van der Waals surface area contributed by atoms with Gasteiger partial charge >= 0.3 is 0 Å². The second-order valence-electron chi connectivity index (χ2n) is 4.66. The first-order valence-electron chi connectivity index (χ1n) is 6.48. The third kappa shape index (κ3) is 5.31. The van der Waals surface area contributed by atoms with E-state index in [0.717, 1.165) is 19.4 Å². The maximum Gasteiger partial charge on any atom is 0.127 e. The molecule has 1 N–H and O–H groups in total. The maximum atomic E-state index is 9.14. The van der Waals surface area contributed by atoms with Crippen molar-refractivity contribution in [1.29, 1.82) is 5.26 Å². The van der Waals surface area contributed by atoms with Gasteiger partial charge in [0.05, 0.1) is 19.3 Å². The average Bonchev–Trinajstić information content (AvgIpc) is 2.43. The summed E-state index contributed by atoms with van der Waals surface area (Å²) >= 11 is 0. The van der Waals surface area contributed by atoms with Crippen molar-refractivity contribution < 1.29 is 4.74 Å². The molecule has 1 unspecified atom stereocenters. The molecule has 3 heteroatoms. The lowest BCUT2D eigenvalue weighted by atomic mass is 10.1. The van der Waals surface area contributed by atoms with E-state index in [1.807, 2.05) is 25.1 Å². The highest BCUT2D eigenvalue weighted by Crippen LogP contribution is 2.05. The normalized spacial score (nSPS) is 13.8. The van der Waals surface area contributed by atoms with Crippen LogP contribution >= 0.6 is 0 Å². The number of hydrogen-bond acceptors (Lipinski definition) is 3. The number of nitrogens with zero attached hydrogens (tertiary/aromatic N) is 1. The van der Waals surface area contributed by atoms with Gasteiger partial charge in [0.1, 0.15) is 5.54 Å². The fraction of sp³-hybridized carbons (Fsp3) is 0.533. The summed E-state index contributed by atoms with van der Waals surface area (Å²) in [7, 11) is 0. The quantitative estimate of drug-likeness (QED) is 0.717. The topological polar surface area (TPSA) is 45.0 Å². The highest BCUT2D eigenvalue weighted by molar-refractivity contribution is 5.14. The molecule has 0 saturated heterocycles. The van der Waals surface area contributed by atoms with Crippen molar-refractivity contribution in [2.24, 2.45) is 0 Å². The summed E-state index contributed by atoms with van der Waals surface area (Å²) in [5.41, 5.74) is 0.685. The van der Waals surface area contributed by atoms with Crippen molar-refractivity contribution in [3.05, 3.63) is 35.9 Å². The predicted octanol–water partition coefficient (Wildman–Crippen LogP) is 2.53. The third-order valence-corrected chi connectivity index (χ3v) is 2.78. The number of rotatable bonds is 8. The summed E-state index contributed by atoms with van der Waals surface area (Å²) < 4.78 is 5.61. The minimum atomic E-state index is -0.577. The number of nitrogens with one attached hydrogen (secondary N) is 1. The van der Waals surface area contributed by atoms with Crippen LogP contribution in [0.25, 0.3) is 0 Å². The third-order valence-electron chi connectivity index (χ3n) is 2.78. The second kappa shape index (κ2) is 7.86. The van der Waals surface area contributed by atoms with E-state index >= 15 is 0 Å². The average molecular weight is 246 g/mol. The van der Waals surface area contributed by atoms with Crippen LogP contribution in [0, 0.1) is 11.3 Å². The van der Waals surface area contributed by atoms with Gasteiger partial charge in [-0.05, 0) is 31.9 Å². The monoisotopic (exact) mass is 246 g/mol. The minimum Gasteiger partial charge on any atom is -0.378 e. The summed E-state index contributed by atoms with van der Waals surface area (Å²) in [4.78, 5) is 0. The Morgan fingerprint density at radius 3 is 2.67 bits per heavy atom. The Kier molecular flexibility index (Phi) is 6.42. The van der Waals surface area contributed by atoms with E-state index in [1.54, 1.807) is 0 Å².